The molecule has 0 unspecified atom stereocenters. The van der Waals surface area contributed by atoms with Gasteiger partial charge in [-0.15, -0.1) is 0 Å². The van der Waals surface area contributed by atoms with Gasteiger partial charge in [-0.05, 0) is 6.07 Å². The van der Waals surface area contributed by atoms with Gasteiger partial charge in [-0.3, -0.25) is 4.79 Å². The lowest BCUT2D eigenvalue weighted by Crippen LogP contribution is -2.36. The lowest BCUT2D eigenvalue weighted by molar-refractivity contribution is -0.140. The van der Waals surface area contributed by atoms with Crippen molar-refractivity contribution in [2.75, 3.05) is 20.2 Å². The number of sulfonamides is 1. The van der Waals surface area contributed by atoms with Crippen molar-refractivity contribution in [1.29, 1.82) is 0 Å². The summed E-state index contributed by atoms with van der Waals surface area (Å²) in [6, 6.07) is 1.19. The van der Waals surface area contributed by atoms with Crippen LogP contribution in [0.4, 0.5) is 0 Å². The monoisotopic (exact) mass is 326 g/mol. The van der Waals surface area contributed by atoms with Crippen molar-refractivity contribution in [3.63, 3.8) is 0 Å². The molecule has 0 radical (unpaired) electrons. The second kappa shape index (κ2) is 6.51. The van der Waals surface area contributed by atoms with Crippen LogP contribution in [0, 0.1) is 0 Å². The summed E-state index contributed by atoms with van der Waals surface area (Å²) in [7, 11) is -2.68. The number of ether oxygens (including phenoxy) is 1. The van der Waals surface area contributed by atoms with Gasteiger partial charge in [-0.25, -0.2) is 13.4 Å². The van der Waals surface area contributed by atoms with E-state index in [9.17, 15) is 13.2 Å². The summed E-state index contributed by atoms with van der Waals surface area (Å²) in [6.07, 6.45) is 1.09. The molecule has 19 heavy (non-hydrogen) atoms. The molecule has 0 atom stereocenters. The molecule has 0 bridgehead atoms. The maximum absolute atomic E-state index is 12.3. The van der Waals surface area contributed by atoms with Gasteiger partial charge in [0.05, 0.1) is 12.1 Å². The number of hydrogen-bond donors (Lipinski definition) is 0. The summed E-state index contributed by atoms with van der Waals surface area (Å²) in [5.41, 5.74) is 0. The Bertz CT molecular complexity index is 577. The molecule has 106 valence electrons. The molecule has 9 heteroatoms. The number of nitrogens with zero attached hydrogens (tertiary/aromatic N) is 2. The molecular formula is C10H12Cl2N2O4S. The smallest absolute Gasteiger partial charge is 0.321 e. The van der Waals surface area contributed by atoms with Crippen LogP contribution in [-0.4, -0.2) is 43.9 Å². The minimum Gasteiger partial charge on any atom is -0.468 e. The molecule has 0 saturated heterocycles. The molecule has 0 fully saturated rings. The topological polar surface area (TPSA) is 76.6 Å². The van der Waals surface area contributed by atoms with Gasteiger partial charge in [-0.1, -0.05) is 30.1 Å². The minimum atomic E-state index is -3.87. The SMILES string of the molecule is CCN(CC(=O)OC)S(=O)(=O)c1cnc(Cl)c(Cl)c1. The highest BCUT2D eigenvalue weighted by Crippen LogP contribution is 2.24. The summed E-state index contributed by atoms with van der Waals surface area (Å²) in [5.74, 6) is -0.654. The van der Waals surface area contributed by atoms with Crippen LogP contribution in [0.2, 0.25) is 10.2 Å². The third-order valence-corrected chi connectivity index (χ3v) is 4.87. The fourth-order valence-corrected chi connectivity index (χ4v) is 2.97. The molecule has 6 nitrogen and oxygen atoms in total. The Morgan fingerprint density at radius 1 is 1.47 bits per heavy atom. The van der Waals surface area contributed by atoms with Gasteiger partial charge in [-0.2, -0.15) is 4.31 Å². The Morgan fingerprint density at radius 2 is 2.11 bits per heavy atom. The normalized spacial score (nSPS) is 11.6. The summed E-state index contributed by atoms with van der Waals surface area (Å²) >= 11 is 11.4. The fourth-order valence-electron chi connectivity index (χ4n) is 1.27. The van der Waals surface area contributed by atoms with Crippen molar-refractivity contribution in [2.24, 2.45) is 0 Å². The zero-order valence-electron chi connectivity index (χ0n) is 10.3. The summed E-state index contributed by atoms with van der Waals surface area (Å²) in [5, 5.41) is 0.0356. The molecule has 0 aliphatic heterocycles. The van der Waals surface area contributed by atoms with Crippen molar-refractivity contribution >= 4 is 39.2 Å². The number of esters is 1. The average molecular weight is 327 g/mol. The highest BCUT2D eigenvalue weighted by atomic mass is 35.5. The number of likely N-dealkylation sites (N-methyl/N-ethyl adjacent to an activating group) is 1. The lowest BCUT2D eigenvalue weighted by atomic mass is 10.5. The van der Waals surface area contributed by atoms with Crippen molar-refractivity contribution in [3.8, 4) is 0 Å². The molecule has 0 spiro atoms. The van der Waals surface area contributed by atoms with Crippen LogP contribution in [0.15, 0.2) is 17.2 Å². The van der Waals surface area contributed by atoms with E-state index in [4.69, 9.17) is 23.2 Å². The molecule has 1 heterocycles. The Hall–Kier alpha value is -0.890. The molecule has 0 N–H and O–H groups in total. The van der Waals surface area contributed by atoms with Crippen molar-refractivity contribution in [3.05, 3.63) is 22.4 Å². The van der Waals surface area contributed by atoms with E-state index >= 15 is 0 Å². The van der Waals surface area contributed by atoms with E-state index in [1.54, 1.807) is 6.92 Å². The number of carbonyl (C=O) groups excluding carboxylic acids is 1. The zero-order valence-corrected chi connectivity index (χ0v) is 12.6. The number of aromatic nitrogens is 1. The molecule has 0 aromatic carbocycles. The van der Waals surface area contributed by atoms with E-state index in [2.05, 4.69) is 9.72 Å². The quantitative estimate of drug-likeness (QED) is 0.606. The predicted molar refractivity (Wildman–Crippen MR) is 70.7 cm³/mol. The highest BCUT2D eigenvalue weighted by Gasteiger charge is 2.26. The van der Waals surface area contributed by atoms with Gasteiger partial charge in [0.25, 0.3) is 0 Å². The summed E-state index contributed by atoms with van der Waals surface area (Å²) in [6.45, 7) is 1.33. The van der Waals surface area contributed by atoms with Crippen LogP contribution in [0.3, 0.4) is 0 Å². The molecular weight excluding hydrogens is 315 g/mol. The largest absolute Gasteiger partial charge is 0.468 e. The van der Waals surface area contributed by atoms with E-state index in [1.165, 1.54) is 13.2 Å². The lowest BCUT2D eigenvalue weighted by Gasteiger charge is -2.19. The van der Waals surface area contributed by atoms with Gasteiger partial charge in [0.2, 0.25) is 10.0 Å². The van der Waals surface area contributed by atoms with Crippen molar-refractivity contribution in [1.82, 2.24) is 9.29 Å². The second-order valence-electron chi connectivity index (χ2n) is 3.45. The third kappa shape index (κ3) is 3.79. The van der Waals surface area contributed by atoms with E-state index < -0.39 is 16.0 Å². The molecule has 0 aliphatic rings. The molecule has 0 aliphatic carbocycles. The van der Waals surface area contributed by atoms with Crippen LogP contribution in [-0.2, 0) is 19.6 Å². The second-order valence-corrected chi connectivity index (χ2v) is 6.15. The standard InChI is InChI=1S/C10H12Cl2N2O4S/c1-3-14(6-9(15)18-2)19(16,17)7-4-8(11)10(12)13-5-7/h4-5H,3,6H2,1-2H3. The predicted octanol–water partition coefficient (Wildman–Crippen LogP) is 1.57. The molecule has 1 rings (SSSR count). The van der Waals surface area contributed by atoms with Gasteiger partial charge >= 0.3 is 5.97 Å². The van der Waals surface area contributed by atoms with Crippen molar-refractivity contribution < 1.29 is 17.9 Å². The van der Waals surface area contributed by atoms with E-state index in [0.717, 1.165) is 10.5 Å². The Labute approximate surface area is 121 Å². The van der Waals surface area contributed by atoms with Gasteiger partial charge in [0.1, 0.15) is 16.6 Å². The van der Waals surface area contributed by atoms with E-state index in [0.29, 0.717) is 0 Å². The van der Waals surface area contributed by atoms with Crippen LogP contribution >= 0.6 is 23.2 Å². The summed E-state index contributed by atoms with van der Waals surface area (Å²) in [4.78, 5) is 14.7. The van der Waals surface area contributed by atoms with E-state index in [1.807, 2.05) is 0 Å². The fraction of sp³-hybridized carbons (Fsp3) is 0.400. The number of methoxy groups -OCH3 is 1. The number of pyridine rings is 1. The Kier molecular flexibility index (Phi) is 5.54. The van der Waals surface area contributed by atoms with Gasteiger partial charge in [0, 0.05) is 12.7 Å². The Morgan fingerprint density at radius 3 is 2.58 bits per heavy atom. The first kappa shape index (κ1) is 16.2. The number of carbonyl (C=O) groups is 1. The highest BCUT2D eigenvalue weighted by molar-refractivity contribution is 7.89. The van der Waals surface area contributed by atoms with Crippen LogP contribution in [0.1, 0.15) is 6.92 Å². The number of rotatable bonds is 5. The summed E-state index contributed by atoms with van der Waals surface area (Å²) < 4.78 is 29.9. The first-order valence-corrected chi connectivity index (χ1v) is 7.40. The molecule has 0 amide bonds. The molecule has 0 saturated carbocycles. The van der Waals surface area contributed by atoms with Crippen LogP contribution < -0.4 is 0 Å². The third-order valence-electron chi connectivity index (χ3n) is 2.29. The first-order chi connectivity index (χ1) is 8.82. The van der Waals surface area contributed by atoms with Gasteiger partial charge < -0.3 is 4.74 Å². The average Bonchev–Trinajstić information content (AvgIpc) is 2.38. The number of halogens is 2. The maximum Gasteiger partial charge on any atom is 0.321 e. The Balaban J connectivity index is 3.13. The van der Waals surface area contributed by atoms with Crippen LogP contribution in [0.25, 0.3) is 0 Å². The van der Waals surface area contributed by atoms with E-state index in [-0.39, 0.29) is 28.2 Å². The van der Waals surface area contributed by atoms with Crippen molar-refractivity contribution in [2.45, 2.75) is 11.8 Å². The van der Waals surface area contributed by atoms with Crippen LogP contribution in [0.5, 0.6) is 0 Å². The zero-order chi connectivity index (χ0) is 14.6. The number of hydrogen-bond acceptors (Lipinski definition) is 5. The molecule has 1 aromatic rings. The maximum atomic E-state index is 12.3. The minimum absolute atomic E-state index is 0.0108. The first-order valence-electron chi connectivity index (χ1n) is 5.21. The molecule has 1 aromatic heterocycles. The van der Waals surface area contributed by atoms with Gasteiger partial charge in [0.15, 0.2) is 0 Å².